The summed E-state index contributed by atoms with van der Waals surface area (Å²) < 4.78 is 0. The van der Waals surface area contributed by atoms with Gasteiger partial charge in [0.05, 0.1) is 6.54 Å². The molecule has 1 heterocycles. The molecule has 116 valence electrons. The second-order valence-corrected chi connectivity index (χ2v) is 6.46. The molecular weight excluding hydrogens is 288 g/mol. The lowest BCUT2D eigenvalue weighted by atomic mass is 9.85. The Kier molecular flexibility index (Phi) is 5.76. The van der Waals surface area contributed by atoms with E-state index in [2.05, 4.69) is 5.32 Å². The number of carbonyl (C=O) groups is 2. The van der Waals surface area contributed by atoms with Gasteiger partial charge in [0.15, 0.2) is 0 Å². The molecule has 5 nitrogen and oxygen atoms in total. The highest BCUT2D eigenvalue weighted by molar-refractivity contribution is 7.09. The lowest BCUT2D eigenvalue weighted by Gasteiger charge is -2.42. The number of carboxylic acid groups (broad SMARTS) is 1. The van der Waals surface area contributed by atoms with Gasteiger partial charge in [-0.25, -0.2) is 0 Å². The molecule has 1 aliphatic carbocycles. The number of hydrogen-bond acceptors (Lipinski definition) is 4. The molecule has 1 aliphatic rings. The van der Waals surface area contributed by atoms with Crippen molar-refractivity contribution in [2.24, 2.45) is 0 Å². The van der Waals surface area contributed by atoms with Crippen LogP contribution in [0.25, 0.3) is 0 Å². The fourth-order valence-electron chi connectivity index (χ4n) is 2.67. The fraction of sp³-hybridized carbons (Fsp3) is 0.600. The van der Waals surface area contributed by atoms with E-state index in [9.17, 15) is 9.59 Å². The molecule has 1 fully saturated rings. The van der Waals surface area contributed by atoms with Crippen LogP contribution in [0.3, 0.4) is 0 Å². The van der Waals surface area contributed by atoms with Crippen molar-refractivity contribution in [1.82, 2.24) is 10.2 Å². The highest BCUT2D eigenvalue weighted by Crippen LogP contribution is 2.25. The Morgan fingerprint density at radius 2 is 2.24 bits per heavy atom. The van der Waals surface area contributed by atoms with Crippen molar-refractivity contribution in [3.05, 3.63) is 22.4 Å². The summed E-state index contributed by atoms with van der Waals surface area (Å²) in [5, 5.41) is 13.9. The first-order chi connectivity index (χ1) is 10.1. The van der Waals surface area contributed by atoms with Crippen molar-refractivity contribution in [1.29, 1.82) is 0 Å². The van der Waals surface area contributed by atoms with Gasteiger partial charge in [0.1, 0.15) is 0 Å². The van der Waals surface area contributed by atoms with Crippen molar-refractivity contribution in [2.75, 3.05) is 13.1 Å². The summed E-state index contributed by atoms with van der Waals surface area (Å²) in [6.45, 7) is 2.78. The lowest BCUT2D eigenvalue weighted by molar-refractivity contribution is -0.139. The summed E-state index contributed by atoms with van der Waals surface area (Å²) in [7, 11) is 0. The van der Waals surface area contributed by atoms with Crippen LogP contribution in [0.4, 0.5) is 0 Å². The molecule has 0 aromatic carbocycles. The smallest absolute Gasteiger partial charge is 0.317 e. The van der Waals surface area contributed by atoms with Gasteiger partial charge in [0.25, 0.3) is 0 Å². The van der Waals surface area contributed by atoms with Crippen LogP contribution in [0.15, 0.2) is 17.5 Å². The SMILES string of the molecule is CCN(CC(=O)O)C1CC(NC(=O)CCc2cccs2)C1. The average Bonchev–Trinajstić information content (AvgIpc) is 2.90. The normalized spacial score (nSPS) is 21.0. The molecule has 1 saturated carbocycles. The van der Waals surface area contributed by atoms with Crippen LogP contribution >= 0.6 is 11.3 Å². The van der Waals surface area contributed by atoms with E-state index in [4.69, 9.17) is 5.11 Å². The van der Waals surface area contributed by atoms with E-state index in [0.717, 1.165) is 25.8 Å². The predicted molar refractivity (Wildman–Crippen MR) is 82.5 cm³/mol. The molecule has 1 aromatic heterocycles. The third-order valence-corrected chi connectivity index (χ3v) is 4.85. The fourth-order valence-corrected chi connectivity index (χ4v) is 3.38. The van der Waals surface area contributed by atoms with Gasteiger partial charge in [0.2, 0.25) is 5.91 Å². The number of nitrogens with one attached hydrogen (secondary N) is 1. The lowest BCUT2D eigenvalue weighted by Crippen LogP contribution is -2.54. The van der Waals surface area contributed by atoms with Crippen molar-refractivity contribution < 1.29 is 14.7 Å². The number of thiophene rings is 1. The van der Waals surface area contributed by atoms with Crippen LogP contribution < -0.4 is 5.32 Å². The topological polar surface area (TPSA) is 69.6 Å². The number of aryl methyl sites for hydroxylation is 1. The summed E-state index contributed by atoms with van der Waals surface area (Å²) in [6, 6.07) is 4.53. The molecule has 0 bridgehead atoms. The number of amides is 1. The van der Waals surface area contributed by atoms with Crippen LogP contribution in [-0.4, -0.2) is 47.1 Å². The molecule has 2 rings (SSSR count). The maximum atomic E-state index is 11.9. The molecule has 0 saturated heterocycles. The quantitative estimate of drug-likeness (QED) is 0.767. The first-order valence-corrected chi connectivity index (χ1v) is 8.24. The second kappa shape index (κ2) is 7.56. The Morgan fingerprint density at radius 3 is 2.81 bits per heavy atom. The van der Waals surface area contributed by atoms with Crippen LogP contribution in [-0.2, 0) is 16.0 Å². The number of carboxylic acids is 1. The number of rotatable bonds is 8. The zero-order chi connectivity index (χ0) is 15.2. The summed E-state index contributed by atoms with van der Waals surface area (Å²) in [6.07, 6.45) is 3.02. The molecule has 0 spiro atoms. The monoisotopic (exact) mass is 310 g/mol. The Morgan fingerprint density at radius 1 is 1.48 bits per heavy atom. The van der Waals surface area contributed by atoms with Crippen molar-refractivity contribution in [3.63, 3.8) is 0 Å². The average molecular weight is 310 g/mol. The van der Waals surface area contributed by atoms with Crippen LogP contribution in [0.2, 0.25) is 0 Å². The number of aliphatic carboxylic acids is 1. The highest BCUT2D eigenvalue weighted by Gasteiger charge is 2.34. The van der Waals surface area contributed by atoms with E-state index in [1.807, 2.05) is 29.3 Å². The predicted octanol–water partition coefficient (Wildman–Crippen LogP) is 1.73. The number of nitrogens with zero attached hydrogens (tertiary/aromatic N) is 1. The molecule has 0 radical (unpaired) electrons. The highest BCUT2D eigenvalue weighted by atomic mass is 32.1. The first-order valence-electron chi connectivity index (χ1n) is 7.36. The van der Waals surface area contributed by atoms with Gasteiger partial charge in [-0.1, -0.05) is 13.0 Å². The summed E-state index contributed by atoms with van der Waals surface area (Å²) >= 11 is 1.67. The third kappa shape index (κ3) is 4.82. The largest absolute Gasteiger partial charge is 0.480 e. The van der Waals surface area contributed by atoms with Gasteiger partial charge in [-0.3, -0.25) is 14.5 Å². The Bertz CT molecular complexity index is 469. The molecule has 1 amide bonds. The molecule has 21 heavy (non-hydrogen) atoms. The van der Waals surface area contributed by atoms with Crippen molar-refractivity contribution >= 4 is 23.2 Å². The van der Waals surface area contributed by atoms with Gasteiger partial charge in [-0.15, -0.1) is 11.3 Å². The first kappa shape index (κ1) is 16.0. The maximum Gasteiger partial charge on any atom is 0.317 e. The summed E-state index contributed by atoms with van der Waals surface area (Å²) in [5.41, 5.74) is 0. The Balaban J connectivity index is 1.65. The van der Waals surface area contributed by atoms with Gasteiger partial charge >= 0.3 is 5.97 Å². The minimum atomic E-state index is -0.791. The summed E-state index contributed by atoms with van der Waals surface area (Å²) in [4.78, 5) is 25.8. The van der Waals surface area contributed by atoms with E-state index >= 15 is 0 Å². The van der Waals surface area contributed by atoms with E-state index in [0.29, 0.717) is 6.42 Å². The standard InChI is InChI=1S/C15H22N2O3S/c1-2-17(10-15(19)20)12-8-11(9-12)16-14(18)6-5-13-4-3-7-21-13/h3-4,7,11-12H,2,5-6,8-10H2,1H3,(H,16,18)(H,19,20). The zero-order valence-electron chi connectivity index (χ0n) is 12.2. The van der Waals surface area contributed by atoms with Crippen molar-refractivity contribution in [3.8, 4) is 0 Å². The van der Waals surface area contributed by atoms with Crippen molar-refractivity contribution in [2.45, 2.75) is 44.7 Å². The van der Waals surface area contributed by atoms with Crippen LogP contribution in [0.5, 0.6) is 0 Å². The number of hydrogen-bond donors (Lipinski definition) is 2. The third-order valence-electron chi connectivity index (χ3n) is 3.92. The number of likely N-dealkylation sites (N-methyl/N-ethyl adjacent to an activating group) is 1. The molecule has 0 unspecified atom stereocenters. The molecule has 0 aliphatic heterocycles. The van der Waals surface area contributed by atoms with Gasteiger partial charge in [0, 0.05) is 23.4 Å². The van der Waals surface area contributed by atoms with Gasteiger partial charge < -0.3 is 10.4 Å². The number of carbonyl (C=O) groups excluding carboxylic acids is 1. The van der Waals surface area contributed by atoms with Gasteiger partial charge in [-0.2, -0.15) is 0 Å². The Labute approximate surface area is 129 Å². The second-order valence-electron chi connectivity index (χ2n) is 5.43. The minimum Gasteiger partial charge on any atom is -0.480 e. The molecule has 6 heteroatoms. The molecular formula is C15H22N2O3S. The van der Waals surface area contributed by atoms with E-state index in [1.54, 1.807) is 11.3 Å². The zero-order valence-corrected chi connectivity index (χ0v) is 13.1. The molecule has 1 aromatic rings. The van der Waals surface area contributed by atoms with E-state index < -0.39 is 5.97 Å². The molecule has 0 atom stereocenters. The minimum absolute atomic E-state index is 0.0835. The summed E-state index contributed by atoms with van der Waals surface area (Å²) in [5.74, 6) is -0.701. The Hall–Kier alpha value is -1.40. The van der Waals surface area contributed by atoms with Crippen LogP contribution in [0.1, 0.15) is 31.1 Å². The van der Waals surface area contributed by atoms with E-state index in [-0.39, 0.29) is 24.5 Å². The molecule has 2 N–H and O–H groups in total. The van der Waals surface area contributed by atoms with E-state index in [1.165, 1.54) is 4.88 Å². The van der Waals surface area contributed by atoms with Crippen LogP contribution in [0, 0.1) is 0 Å². The van der Waals surface area contributed by atoms with Gasteiger partial charge in [-0.05, 0) is 37.3 Å². The maximum absolute atomic E-state index is 11.9.